The number of aromatic nitrogens is 2. The first-order valence-electron chi connectivity index (χ1n) is 8.55. The lowest BCUT2D eigenvalue weighted by molar-refractivity contribution is -0.116. The van der Waals surface area contributed by atoms with Gasteiger partial charge in [0, 0.05) is 24.7 Å². The maximum atomic E-state index is 12.6. The number of nitrogens with zero attached hydrogens (tertiary/aromatic N) is 2. The van der Waals surface area contributed by atoms with Gasteiger partial charge in [-0.15, -0.1) is 0 Å². The summed E-state index contributed by atoms with van der Waals surface area (Å²) in [5.41, 5.74) is 2.31. The van der Waals surface area contributed by atoms with Crippen LogP contribution in [0.1, 0.15) is 22.3 Å². The highest BCUT2D eigenvalue weighted by atomic mass is 16.5. The third kappa shape index (κ3) is 3.41. The van der Waals surface area contributed by atoms with Crippen LogP contribution < -0.4 is 15.4 Å². The molecule has 26 heavy (non-hydrogen) atoms. The zero-order chi connectivity index (χ0) is 18.1. The Morgan fingerprint density at radius 1 is 1.38 bits per heavy atom. The van der Waals surface area contributed by atoms with E-state index < -0.39 is 0 Å². The number of ether oxygens (including phenoxy) is 2. The summed E-state index contributed by atoms with van der Waals surface area (Å²) < 4.78 is 13.0. The number of carbonyl (C=O) groups excluding carboxylic acids is 2. The standard InChI is InChI=1S/C18H20N4O4/c1-22-8-13(7-19-22)26-16-10-25-9-15(16)21-18(24)12-2-4-14-11(6-12)3-5-17(23)20-14/h2,4,6-8,15-16H,3,5,9-10H2,1H3,(H,20,23)(H,21,24)/t15-,16+/m0/s1. The van der Waals surface area contributed by atoms with Gasteiger partial charge in [-0.3, -0.25) is 14.3 Å². The fraction of sp³-hybridized carbons (Fsp3) is 0.389. The van der Waals surface area contributed by atoms with Gasteiger partial charge in [0.15, 0.2) is 5.75 Å². The predicted molar refractivity (Wildman–Crippen MR) is 93.1 cm³/mol. The second-order valence-electron chi connectivity index (χ2n) is 6.54. The number of hydrogen-bond donors (Lipinski definition) is 2. The van der Waals surface area contributed by atoms with Crippen LogP contribution in [0.3, 0.4) is 0 Å². The molecule has 2 atom stereocenters. The fourth-order valence-corrected chi connectivity index (χ4v) is 3.20. The van der Waals surface area contributed by atoms with Crippen molar-refractivity contribution in [3.63, 3.8) is 0 Å². The molecule has 0 saturated carbocycles. The lowest BCUT2D eigenvalue weighted by Gasteiger charge is -2.21. The number of fused-ring (bicyclic) bond motifs is 1. The van der Waals surface area contributed by atoms with Gasteiger partial charge >= 0.3 is 0 Å². The summed E-state index contributed by atoms with van der Waals surface area (Å²) in [7, 11) is 1.82. The average Bonchev–Trinajstić information content (AvgIpc) is 3.23. The molecule has 2 aliphatic rings. The Kier molecular flexibility index (Phi) is 4.34. The van der Waals surface area contributed by atoms with Crippen LogP contribution >= 0.6 is 0 Å². The van der Waals surface area contributed by atoms with Gasteiger partial charge in [-0.05, 0) is 30.2 Å². The maximum Gasteiger partial charge on any atom is 0.251 e. The number of benzene rings is 1. The third-order valence-electron chi connectivity index (χ3n) is 4.58. The largest absolute Gasteiger partial charge is 0.482 e. The minimum Gasteiger partial charge on any atom is -0.482 e. The summed E-state index contributed by atoms with van der Waals surface area (Å²) in [6.07, 6.45) is 4.22. The molecule has 0 spiro atoms. The lowest BCUT2D eigenvalue weighted by Crippen LogP contribution is -2.45. The summed E-state index contributed by atoms with van der Waals surface area (Å²) >= 11 is 0. The van der Waals surface area contributed by atoms with Crippen molar-refractivity contribution >= 4 is 17.5 Å². The highest BCUT2D eigenvalue weighted by Crippen LogP contribution is 2.24. The summed E-state index contributed by atoms with van der Waals surface area (Å²) in [5.74, 6) is 0.472. The Balaban J connectivity index is 1.43. The summed E-state index contributed by atoms with van der Waals surface area (Å²) in [6.45, 7) is 0.813. The smallest absolute Gasteiger partial charge is 0.251 e. The second kappa shape index (κ2) is 6.80. The van der Waals surface area contributed by atoms with Crippen molar-refractivity contribution in [3.05, 3.63) is 41.7 Å². The van der Waals surface area contributed by atoms with E-state index in [1.165, 1.54) is 0 Å². The first kappa shape index (κ1) is 16.6. The van der Waals surface area contributed by atoms with Crippen LogP contribution in [0.5, 0.6) is 5.75 Å². The van der Waals surface area contributed by atoms with Crippen molar-refractivity contribution in [2.24, 2.45) is 7.05 Å². The number of anilines is 1. The van der Waals surface area contributed by atoms with Gasteiger partial charge in [0.2, 0.25) is 5.91 Å². The van der Waals surface area contributed by atoms with Gasteiger partial charge in [0.25, 0.3) is 5.91 Å². The van der Waals surface area contributed by atoms with Crippen molar-refractivity contribution in [1.29, 1.82) is 0 Å². The number of hydrogen-bond acceptors (Lipinski definition) is 5. The van der Waals surface area contributed by atoms with Crippen LogP contribution in [0.25, 0.3) is 0 Å². The molecule has 2 amide bonds. The summed E-state index contributed by atoms with van der Waals surface area (Å²) in [6, 6.07) is 5.08. The van der Waals surface area contributed by atoms with E-state index >= 15 is 0 Å². The van der Waals surface area contributed by atoms with Gasteiger partial charge in [0.1, 0.15) is 6.10 Å². The van der Waals surface area contributed by atoms with Crippen LogP contribution in [0.4, 0.5) is 5.69 Å². The normalized spacial score (nSPS) is 21.8. The van der Waals surface area contributed by atoms with Crippen molar-refractivity contribution < 1.29 is 19.1 Å². The highest BCUT2D eigenvalue weighted by molar-refractivity contribution is 5.98. The molecule has 2 aliphatic heterocycles. The quantitative estimate of drug-likeness (QED) is 0.848. The molecule has 0 bridgehead atoms. The van der Waals surface area contributed by atoms with Gasteiger partial charge < -0.3 is 20.1 Å². The molecule has 0 unspecified atom stereocenters. The molecule has 0 aliphatic carbocycles. The molecule has 8 heteroatoms. The third-order valence-corrected chi connectivity index (χ3v) is 4.58. The van der Waals surface area contributed by atoms with Gasteiger partial charge in [-0.2, -0.15) is 5.10 Å². The molecular formula is C18H20N4O4. The Hall–Kier alpha value is -2.87. The number of carbonyl (C=O) groups is 2. The molecule has 2 N–H and O–H groups in total. The molecule has 8 nitrogen and oxygen atoms in total. The van der Waals surface area contributed by atoms with E-state index in [1.807, 2.05) is 13.1 Å². The SMILES string of the molecule is Cn1cc(O[C@@H]2COC[C@@H]2NC(=O)c2ccc3c(c2)CCC(=O)N3)cn1. The lowest BCUT2D eigenvalue weighted by atomic mass is 10.00. The van der Waals surface area contributed by atoms with Crippen molar-refractivity contribution in [1.82, 2.24) is 15.1 Å². The number of amides is 2. The molecule has 1 aromatic heterocycles. The van der Waals surface area contributed by atoms with Crippen molar-refractivity contribution in [2.45, 2.75) is 25.0 Å². The summed E-state index contributed by atoms with van der Waals surface area (Å²) in [5, 5.41) is 9.87. The van der Waals surface area contributed by atoms with Crippen LogP contribution in [-0.2, 0) is 23.0 Å². The first-order chi connectivity index (χ1) is 12.6. The van der Waals surface area contributed by atoms with Crippen molar-refractivity contribution in [3.8, 4) is 5.75 Å². The molecule has 136 valence electrons. The minimum absolute atomic E-state index is 0.00759. The van der Waals surface area contributed by atoms with E-state index in [1.54, 1.807) is 29.2 Å². The zero-order valence-corrected chi connectivity index (χ0v) is 14.4. The Labute approximate surface area is 150 Å². The molecule has 1 fully saturated rings. The van der Waals surface area contributed by atoms with Crippen LogP contribution in [0.15, 0.2) is 30.6 Å². The number of aryl methyl sites for hydroxylation is 2. The van der Waals surface area contributed by atoms with Gasteiger partial charge in [-0.1, -0.05) is 0 Å². The molecule has 1 aromatic carbocycles. The van der Waals surface area contributed by atoms with Crippen LogP contribution in [0, 0.1) is 0 Å². The molecule has 3 heterocycles. The van der Waals surface area contributed by atoms with E-state index in [0.717, 1.165) is 11.3 Å². The van der Waals surface area contributed by atoms with E-state index in [2.05, 4.69) is 15.7 Å². The fourth-order valence-electron chi connectivity index (χ4n) is 3.20. The summed E-state index contributed by atoms with van der Waals surface area (Å²) in [4.78, 5) is 24.1. The molecule has 4 rings (SSSR count). The molecule has 2 aromatic rings. The van der Waals surface area contributed by atoms with E-state index in [9.17, 15) is 9.59 Å². The Morgan fingerprint density at radius 3 is 3.08 bits per heavy atom. The molecular weight excluding hydrogens is 336 g/mol. The van der Waals surface area contributed by atoms with Gasteiger partial charge in [0.05, 0.1) is 31.6 Å². The second-order valence-corrected chi connectivity index (χ2v) is 6.54. The zero-order valence-electron chi connectivity index (χ0n) is 14.4. The monoisotopic (exact) mass is 356 g/mol. The molecule has 1 saturated heterocycles. The van der Waals surface area contributed by atoms with Crippen molar-refractivity contribution in [2.75, 3.05) is 18.5 Å². The minimum atomic E-state index is -0.264. The van der Waals surface area contributed by atoms with Gasteiger partial charge in [-0.25, -0.2) is 0 Å². The first-order valence-corrected chi connectivity index (χ1v) is 8.55. The topological polar surface area (TPSA) is 94.5 Å². The average molecular weight is 356 g/mol. The van der Waals surface area contributed by atoms with E-state index in [0.29, 0.717) is 37.4 Å². The van der Waals surface area contributed by atoms with E-state index in [4.69, 9.17) is 9.47 Å². The van der Waals surface area contributed by atoms with E-state index in [-0.39, 0.29) is 24.0 Å². The number of nitrogens with one attached hydrogen (secondary N) is 2. The molecule has 0 radical (unpaired) electrons. The predicted octanol–water partition coefficient (Wildman–Crippen LogP) is 0.881. The van der Waals surface area contributed by atoms with Crippen LogP contribution in [0.2, 0.25) is 0 Å². The maximum absolute atomic E-state index is 12.6. The Bertz CT molecular complexity index is 847. The van der Waals surface area contributed by atoms with Crippen LogP contribution in [-0.4, -0.2) is 47.0 Å². The number of rotatable bonds is 4. The Morgan fingerprint density at radius 2 is 2.27 bits per heavy atom. The highest BCUT2D eigenvalue weighted by Gasteiger charge is 2.32.